The molecule has 1 fully saturated rings. The van der Waals surface area contributed by atoms with Gasteiger partial charge in [0.05, 0.1) is 12.1 Å². The molecule has 3 heterocycles. The molecule has 1 aliphatic heterocycles. The van der Waals surface area contributed by atoms with Crippen molar-refractivity contribution in [3.8, 4) is 0 Å². The van der Waals surface area contributed by atoms with Crippen LogP contribution in [0.25, 0.3) is 0 Å². The van der Waals surface area contributed by atoms with Gasteiger partial charge < -0.3 is 14.7 Å². The number of carbonyl (C=O) groups excluding carboxylic acids is 1. The lowest BCUT2D eigenvalue weighted by Crippen LogP contribution is -2.46. The highest BCUT2D eigenvalue weighted by molar-refractivity contribution is 5.91. The number of hydrogen-bond donors (Lipinski definition) is 1. The molecule has 1 saturated heterocycles. The highest BCUT2D eigenvalue weighted by Gasteiger charge is 2.19. The maximum absolute atomic E-state index is 12.4. The lowest BCUT2D eigenvalue weighted by atomic mass is 10.1. The molecule has 30 heavy (non-hydrogen) atoms. The number of nitrogens with zero attached hydrogens (tertiary/aromatic N) is 5. The highest BCUT2D eigenvalue weighted by atomic mass is 16.5. The first-order chi connectivity index (χ1) is 14.6. The van der Waals surface area contributed by atoms with E-state index in [0.29, 0.717) is 11.6 Å². The molecule has 8 heteroatoms. The van der Waals surface area contributed by atoms with E-state index in [9.17, 15) is 4.79 Å². The summed E-state index contributed by atoms with van der Waals surface area (Å²) in [5.41, 5.74) is 2.88. The number of rotatable bonds is 6. The van der Waals surface area contributed by atoms with Gasteiger partial charge in [-0.3, -0.25) is 9.69 Å². The van der Waals surface area contributed by atoms with Gasteiger partial charge in [-0.1, -0.05) is 35.5 Å². The van der Waals surface area contributed by atoms with Crippen molar-refractivity contribution >= 4 is 17.5 Å². The zero-order valence-corrected chi connectivity index (χ0v) is 17.3. The van der Waals surface area contributed by atoms with E-state index in [1.807, 2.05) is 26.0 Å². The minimum absolute atomic E-state index is 0.151. The Morgan fingerprint density at radius 1 is 1.10 bits per heavy atom. The van der Waals surface area contributed by atoms with E-state index in [1.165, 1.54) is 11.9 Å². The molecule has 0 aliphatic carbocycles. The van der Waals surface area contributed by atoms with Gasteiger partial charge in [0.15, 0.2) is 0 Å². The first-order valence-corrected chi connectivity index (χ1v) is 10.1. The van der Waals surface area contributed by atoms with Crippen molar-refractivity contribution in [2.75, 3.05) is 36.4 Å². The number of amides is 1. The van der Waals surface area contributed by atoms with Crippen LogP contribution in [0.1, 0.15) is 22.6 Å². The van der Waals surface area contributed by atoms with Crippen molar-refractivity contribution in [1.29, 1.82) is 0 Å². The van der Waals surface area contributed by atoms with Crippen LogP contribution in [-0.4, -0.2) is 52.1 Å². The van der Waals surface area contributed by atoms with Gasteiger partial charge in [-0.2, -0.15) is 0 Å². The van der Waals surface area contributed by atoms with Crippen LogP contribution in [-0.2, 0) is 17.8 Å². The van der Waals surface area contributed by atoms with Crippen molar-refractivity contribution in [3.05, 3.63) is 65.3 Å². The van der Waals surface area contributed by atoms with E-state index >= 15 is 0 Å². The number of nitrogens with one attached hydrogen (secondary N) is 1. The highest BCUT2D eigenvalue weighted by Crippen LogP contribution is 2.18. The summed E-state index contributed by atoms with van der Waals surface area (Å²) in [6, 6.07) is 12.4. The monoisotopic (exact) mass is 406 g/mol. The van der Waals surface area contributed by atoms with Crippen molar-refractivity contribution < 1.29 is 9.32 Å². The molecular weight excluding hydrogens is 380 g/mol. The molecule has 0 unspecified atom stereocenters. The number of aryl methyl sites for hydroxylation is 2. The summed E-state index contributed by atoms with van der Waals surface area (Å²) in [7, 11) is 0. The molecule has 4 rings (SSSR count). The van der Waals surface area contributed by atoms with Gasteiger partial charge in [0.1, 0.15) is 23.7 Å². The van der Waals surface area contributed by atoms with Gasteiger partial charge in [0.25, 0.3) is 0 Å². The predicted molar refractivity (Wildman–Crippen MR) is 114 cm³/mol. The molecule has 2 aromatic heterocycles. The Hall–Kier alpha value is -3.26. The van der Waals surface area contributed by atoms with Crippen molar-refractivity contribution in [2.24, 2.45) is 0 Å². The van der Waals surface area contributed by atoms with Gasteiger partial charge in [-0.25, -0.2) is 9.97 Å². The zero-order chi connectivity index (χ0) is 20.9. The molecule has 0 radical (unpaired) electrons. The normalized spacial score (nSPS) is 14.7. The van der Waals surface area contributed by atoms with Crippen LogP contribution in [0, 0.1) is 13.8 Å². The molecule has 0 saturated carbocycles. The molecule has 156 valence electrons. The second kappa shape index (κ2) is 9.04. The molecule has 3 aromatic rings. The van der Waals surface area contributed by atoms with E-state index in [2.05, 4.69) is 54.5 Å². The fourth-order valence-corrected chi connectivity index (χ4v) is 3.67. The molecule has 1 aromatic carbocycles. The Morgan fingerprint density at radius 3 is 2.57 bits per heavy atom. The third-order valence-electron chi connectivity index (χ3n) is 5.38. The van der Waals surface area contributed by atoms with E-state index in [0.717, 1.165) is 49.8 Å². The summed E-state index contributed by atoms with van der Waals surface area (Å²) in [4.78, 5) is 25.7. The van der Waals surface area contributed by atoms with Crippen LogP contribution in [0.5, 0.6) is 0 Å². The number of carbonyl (C=O) groups is 1. The largest absolute Gasteiger partial charge is 0.361 e. The minimum atomic E-state index is -0.151. The van der Waals surface area contributed by atoms with E-state index in [4.69, 9.17) is 4.52 Å². The van der Waals surface area contributed by atoms with Crippen LogP contribution >= 0.6 is 0 Å². The Labute approximate surface area is 175 Å². The average molecular weight is 406 g/mol. The first-order valence-electron chi connectivity index (χ1n) is 10.1. The van der Waals surface area contributed by atoms with Crippen LogP contribution in [0.4, 0.5) is 11.6 Å². The van der Waals surface area contributed by atoms with Crippen LogP contribution in [0.3, 0.4) is 0 Å². The lowest BCUT2D eigenvalue weighted by molar-refractivity contribution is -0.115. The standard InChI is InChI=1S/C22H26N6O2/c1-16-19(17(2)30-26-16)12-22(29)25-20-13-21(24-15-23-20)28-10-8-27(9-11-28)14-18-6-4-3-5-7-18/h3-7,13,15H,8-12,14H2,1-2H3,(H,23,24,25,29). The van der Waals surface area contributed by atoms with Crippen LogP contribution in [0.2, 0.25) is 0 Å². The van der Waals surface area contributed by atoms with Crippen LogP contribution in [0.15, 0.2) is 47.2 Å². The molecule has 1 N–H and O–H groups in total. The SMILES string of the molecule is Cc1noc(C)c1CC(=O)Nc1cc(N2CCN(Cc3ccccc3)CC2)ncn1. The van der Waals surface area contributed by atoms with Crippen molar-refractivity contribution in [2.45, 2.75) is 26.8 Å². The second-order valence-corrected chi connectivity index (χ2v) is 7.54. The van der Waals surface area contributed by atoms with Gasteiger partial charge in [-0.05, 0) is 19.4 Å². The smallest absolute Gasteiger partial charge is 0.230 e. The maximum Gasteiger partial charge on any atom is 0.230 e. The fraction of sp³-hybridized carbons (Fsp3) is 0.364. The third kappa shape index (κ3) is 4.83. The summed E-state index contributed by atoms with van der Waals surface area (Å²) in [5, 5.41) is 6.75. The van der Waals surface area contributed by atoms with E-state index in [1.54, 1.807) is 0 Å². The Morgan fingerprint density at radius 2 is 1.87 bits per heavy atom. The molecule has 0 atom stereocenters. The molecule has 1 amide bonds. The summed E-state index contributed by atoms with van der Waals surface area (Å²) in [6.45, 7) is 8.30. The topological polar surface area (TPSA) is 87.4 Å². The molecule has 8 nitrogen and oxygen atoms in total. The van der Waals surface area contributed by atoms with Crippen molar-refractivity contribution in [1.82, 2.24) is 20.0 Å². The molecule has 0 bridgehead atoms. The third-order valence-corrected chi connectivity index (χ3v) is 5.38. The van der Waals surface area contributed by atoms with E-state index in [-0.39, 0.29) is 12.3 Å². The van der Waals surface area contributed by atoms with Crippen molar-refractivity contribution in [3.63, 3.8) is 0 Å². The lowest BCUT2D eigenvalue weighted by Gasteiger charge is -2.35. The Balaban J connectivity index is 1.33. The average Bonchev–Trinajstić information content (AvgIpc) is 3.07. The van der Waals surface area contributed by atoms with Gasteiger partial charge >= 0.3 is 0 Å². The summed E-state index contributed by atoms with van der Waals surface area (Å²) in [6.07, 6.45) is 1.70. The Bertz CT molecular complexity index is 976. The number of anilines is 2. The predicted octanol–water partition coefficient (Wildman–Crippen LogP) is 2.58. The molecule has 0 spiro atoms. The van der Waals surface area contributed by atoms with Gasteiger partial charge in [-0.15, -0.1) is 0 Å². The maximum atomic E-state index is 12.4. The molecular formula is C22H26N6O2. The molecule has 1 aliphatic rings. The summed E-state index contributed by atoms with van der Waals surface area (Å²) in [5.74, 6) is 1.85. The summed E-state index contributed by atoms with van der Waals surface area (Å²) < 4.78 is 5.12. The number of benzene rings is 1. The quantitative estimate of drug-likeness (QED) is 0.673. The number of piperazine rings is 1. The zero-order valence-electron chi connectivity index (χ0n) is 17.3. The number of aromatic nitrogens is 3. The van der Waals surface area contributed by atoms with Crippen LogP contribution < -0.4 is 10.2 Å². The second-order valence-electron chi connectivity index (χ2n) is 7.54. The van der Waals surface area contributed by atoms with Gasteiger partial charge in [0.2, 0.25) is 5.91 Å². The Kier molecular flexibility index (Phi) is 6.04. The fourth-order valence-electron chi connectivity index (χ4n) is 3.67. The van der Waals surface area contributed by atoms with Gasteiger partial charge in [0, 0.05) is 44.4 Å². The van der Waals surface area contributed by atoms with E-state index < -0.39 is 0 Å². The minimum Gasteiger partial charge on any atom is -0.361 e. The number of hydrogen-bond acceptors (Lipinski definition) is 7. The first kappa shape index (κ1) is 20.0. The summed E-state index contributed by atoms with van der Waals surface area (Å²) >= 11 is 0.